The minimum absolute atomic E-state index is 0.0363. The molecule has 0 aromatic heterocycles. The summed E-state index contributed by atoms with van der Waals surface area (Å²) in [6.45, 7) is 8.97. The van der Waals surface area contributed by atoms with E-state index in [1.165, 1.54) is 12.8 Å². The van der Waals surface area contributed by atoms with Crippen molar-refractivity contribution in [2.75, 3.05) is 6.61 Å². The average molecular weight is 201 g/mol. The van der Waals surface area contributed by atoms with Gasteiger partial charge in [-0.2, -0.15) is 0 Å². The van der Waals surface area contributed by atoms with Crippen LogP contribution < -0.4 is 5.32 Å². The Labute approximate surface area is 89.1 Å². The van der Waals surface area contributed by atoms with Crippen molar-refractivity contribution in [1.29, 1.82) is 0 Å². The zero-order valence-electron chi connectivity index (χ0n) is 10.3. The number of nitrogens with one attached hydrogen (secondary N) is 1. The molecule has 2 atom stereocenters. The van der Waals surface area contributed by atoms with Gasteiger partial charge in [0.1, 0.15) is 0 Å². The van der Waals surface area contributed by atoms with Crippen LogP contribution in [0.1, 0.15) is 59.8 Å². The van der Waals surface area contributed by atoms with E-state index in [1.54, 1.807) is 0 Å². The van der Waals surface area contributed by atoms with Gasteiger partial charge in [-0.3, -0.25) is 0 Å². The fourth-order valence-electron chi connectivity index (χ4n) is 1.73. The molecule has 2 nitrogen and oxygen atoms in total. The van der Waals surface area contributed by atoms with E-state index >= 15 is 0 Å². The number of aliphatic hydroxyl groups is 1. The molecule has 0 fully saturated rings. The minimum Gasteiger partial charge on any atom is -0.394 e. The summed E-state index contributed by atoms with van der Waals surface area (Å²) >= 11 is 0. The van der Waals surface area contributed by atoms with Crippen LogP contribution in [-0.4, -0.2) is 23.3 Å². The SMILES string of the molecule is CCCCC(CC)(CO)NC(C)CC. The zero-order valence-corrected chi connectivity index (χ0v) is 10.3. The van der Waals surface area contributed by atoms with E-state index in [2.05, 4.69) is 33.0 Å². The molecule has 0 aliphatic rings. The molecule has 0 amide bonds. The summed E-state index contributed by atoms with van der Waals surface area (Å²) in [6, 6.07) is 0.499. The monoisotopic (exact) mass is 201 g/mol. The van der Waals surface area contributed by atoms with Gasteiger partial charge in [-0.05, 0) is 26.2 Å². The molecule has 2 N–H and O–H groups in total. The lowest BCUT2D eigenvalue weighted by molar-refractivity contribution is 0.132. The first-order valence-corrected chi connectivity index (χ1v) is 6.02. The fourth-order valence-corrected chi connectivity index (χ4v) is 1.73. The highest BCUT2D eigenvalue weighted by Crippen LogP contribution is 2.19. The van der Waals surface area contributed by atoms with Gasteiger partial charge in [-0.15, -0.1) is 0 Å². The topological polar surface area (TPSA) is 32.3 Å². The normalized spacial score (nSPS) is 17.8. The first-order chi connectivity index (χ1) is 6.64. The van der Waals surface area contributed by atoms with Gasteiger partial charge < -0.3 is 10.4 Å². The molecule has 0 aromatic rings. The third-order valence-electron chi connectivity index (χ3n) is 3.15. The number of hydrogen-bond donors (Lipinski definition) is 2. The molecule has 0 heterocycles. The van der Waals surface area contributed by atoms with Gasteiger partial charge in [0.05, 0.1) is 6.61 Å². The minimum atomic E-state index is -0.0363. The molecule has 0 saturated carbocycles. The van der Waals surface area contributed by atoms with Gasteiger partial charge in [0.2, 0.25) is 0 Å². The van der Waals surface area contributed by atoms with Crippen LogP contribution in [0.15, 0.2) is 0 Å². The Morgan fingerprint density at radius 1 is 1.29 bits per heavy atom. The summed E-state index contributed by atoms with van der Waals surface area (Å²) in [5, 5.41) is 13.0. The smallest absolute Gasteiger partial charge is 0.0613 e. The number of aliphatic hydroxyl groups excluding tert-OH is 1. The maximum atomic E-state index is 9.49. The maximum absolute atomic E-state index is 9.49. The molecule has 0 rings (SSSR count). The summed E-state index contributed by atoms with van der Waals surface area (Å²) in [4.78, 5) is 0. The zero-order chi connectivity index (χ0) is 11.0. The van der Waals surface area contributed by atoms with Gasteiger partial charge in [0, 0.05) is 11.6 Å². The molecule has 86 valence electrons. The molecule has 0 saturated heterocycles. The Bertz CT molecular complexity index is 132. The quantitative estimate of drug-likeness (QED) is 0.633. The van der Waals surface area contributed by atoms with Gasteiger partial charge in [0.25, 0.3) is 0 Å². The van der Waals surface area contributed by atoms with Crippen molar-refractivity contribution >= 4 is 0 Å². The molecule has 0 spiro atoms. The molecule has 2 heteroatoms. The third-order valence-corrected chi connectivity index (χ3v) is 3.15. The summed E-state index contributed by atoms with van der Waals surface area (Å²) in [5.74, 6) is 0. The van der Waals surface area contributed by atoms with Crippen LogP contribution in [0.5, 0.6) is 0 Å². The highest BCUT2D eigenvalue weighted by atomic mass is 16.3. The summed E-state index contributed by atoms with van der Waals surface area (Å²) in [7, 11) is 0. The Morgan fingerprint density at radius 2 is 1.93 bits per heavy atom. The van der Waals surface area contributed by atoms with E-state index in [4.69, 9.17) is 0 Å². The van der Waals surface area contributed by atoms with Crippen molar-refractivity contribution in [3.63, 3.8) is 0 Å². The second-order valence-electron chi connectivity index (χ2n) is 4.35. The highest BCUT2D eigenvalue weighted by molar-refractivity contribution is 4.87. The molecule has 0 radical (unpaired) electrons. The van der Waals surface area contributed by atoms with E-state index < -0.39 is 0 Å². The molecular formula is C12H27NO. The lowest BCUT2D eigenvalue weighted by Crippen LogP contribution is -2.51. The lowest BCUT2D eigenvalue weighted by Gasteiger charge is -2.35. The summed E-state index contributed by atoms with van der Waals surface area (Å²) in [6.07, 6.45) is 5.60. The van der Waals surface area contributed by atoms with E-state index in [1.807, 2.05) is 0 Å². The van der Waals surface area contributed by atoms with Crippen LogP contribution in [0, 0.1) is 0 Å². The van der Waals surface area contributed by atoms with Crippen LogP contribution >= 0.6 is 0 Å². The van der Waals surface area contributed by atoms with E-state index in [0.717, 1.165) is 19.3 Å². The van der Waals surface area contributed by atoms with Crippen LogP contribution in [0.4, 0.5) is 0 Å². The second-order valence-corrected chi connectivity index (χ2v) is 4.35. The van der Waals surface area contributed by atoms with Crippen LogP contribution in [0.3, 0.4) is 0 Å². The fraction of sp³-hybridized carbons (Fsp3) is 1.00. The third kappa shape index (κ3) is 4.43. The van der Waals surface area contributed by atoms with Crippen molar-refractivity contribution in [2.45, 2.75) is 71.4 Å². The van der Waals surface area contributed by atoms with Crippen LogP contribution in [0.25, 0.3) is 0 Å². The molecule has 0 bridgehead atoms. The van der Waals surface area contributed by atoms with Gasteiger partial charge >= 0.3 is 0 Å². The average Bonchev–Trinajstić information content (AvgIpc) is 2.24. The lowest BCUT2D eigenvalue weighted by atomic mass is 9.89. The Balaban J connectivity index is 4.20. The van der Waals surface area contributed by atoms with E-state index in [9.17, 15) is 5.11 Å². The number of hydrogen-bond acceptors (Lipinski definition) is 2. The predicted octanol–water partition coefficient (Wildman–Crippen LogP) is 2.71. The Hall–Kier alpha value is -0.0800. The second kappa shape index (κ2) is 7.24. The van der Waals surface area contributed by atoms with Gasteiger partial charge in [0.15, 0.2) is 0 Å². The van der Waals surface area contributed by atoms with Gasteiger partial charge in [-0.25, -0.2) is 0 Å². The van der Waals surface area contributed by atoms with Crippen molar-refractivity contribution < 1.29 is 5.11 Å². The summed E-state index contributed by atoms with van der Waals surface area (Å²) < 4.78 is 0. The summed E-state index contributed by atoms with van der Waals surface area (Å²) in [5.41, 5.74) is -0.0363. The first-order valence-electron chi connectivity index (χ1n) is 6.02. The largest absolute Gasteiger partial charge is 0.394 e. The molecule has 14 heavy (non-hydrogen) atoms. The van der Waals surface area contributed by atoms with Crippen molar-refractivity contribution in [1.82, 2.24) is 5.32 Å². The molecule has 0 aliphatic heterocycles. The van der Waals surface area contributed by atoms with Crippen molar-refractivity contribution in [3.05, 3.63) is 0 Å². The molecule has 2 unspecified atom stereocenters. The first kappa shape index (κ1) is 13.9. The van der Waals surface area contributed by atoms with Crippen LogP contribution in [-0.2, 0) is 0 Å². The van der Waals surface area contributed by atoms with Crippen molar-refractivity contribution in [3.8, 4) is 0 Å². The molecule has 0 aromatic carbocycles. The van der Waals surface area contributed by atoms with Crippen molar-refractivity contribution in [2.24, 2.45) is 0 Å². The van der Waals surface area contributed by atoms with Crippen LogP contribution in [0.2, 0.25) is 0 Å². The number of rotatable bonds is 8. The number of unbranched alkanes of at least 4 members (excludes halogenated alkanes) is 1. The Morgan fingerprint density at radius 3 is 2.29 bits per heavy atom. The maximum Gasteiger partial charge on any atom is 0.0613 e. The Kier molecular flexibility index (Phi) is 7.20. The predicted molar refractivity (Wildman–Crippen MR) is 62.5 cm³/mol. The standard InChI is InChI=1S/C12H27NO/c1-5-8-9-12(7-3,10-14)13-11(4)6-2/h11,13-14H,5-10H2,1-4H3. The van der Waals surface area contributed by atoms with E-state index in [0.29, 0.717) is 6.04 Å². The van der Waals surface area contributed by atoms with Gasteiger partial charge in [-0.1, -0.05) is 33.6 Å². The highest BCUT2D eigenvalue weighted by Gasteiger charge is 2.27. The molecular weight excluding hydrogens is 174 g/mol. The molecule has 0 aliphatic carbocycles. The van der Waals surface area contributed by atoms with E-state index in [-0.39, 0.29) is 12.1 Å².